The first-order chi connectivity index (χ1) is 9.29. The van der Waals surface area contributed by atoms with Gasteiger partial charge in [0.25, 0.3) is 0 Å². The van der Waals surface area contributed by atoms with E-state index >= 15 is 0 Å². The van der Waals surface area contributed by atoms with Gasteiger partial charge >= 0.3 is 0 Å². The molecule has 1 aliphatic rings. The zero-order valence-corrected chi connectivity index (χ0v) is 14.2. The molecule has 1 aromatic carbocycles. The summed E-state index contributed by atoms with van der Waals surface area (Å²) in [7, 11) is -3.54. The van der Waals surface area contributed by atoms with E-state index in [4.69, 9.17) is 5.73 Å². The van der Waals surface area contributed by atoms with E-state index in [1.165, 1.54) is 6.07 Å². The number of nitrogens with two attached hydrogens (primary N) is 1. The Morgan fingerprint density at radius 2 is 1.95 bits per heavy atom. The van der Waals surface area contributed by atoms with Crippen LogP contribution in [0.4, 0.5) is 5.69 Å². The molecule has 1 saturated carbocycles. The van der Waals surface area contributed by atoms with Gasteiger partial charge in [-0.1, -0.05) is 29.8 Å². The van der Waals surface area contributed by atoms with Crippen LogP contribution in [0.15, 0.2) is 27.6 Å². The number of rotatable bonds is 3. The lowest BCUT2D eigenvalue weighted by Gasteiger charge is -2.32. The molecule has 2 rings (SSSR count). The van der Waals surface area contributed by atoms with Crippen LogP contribution in [0.25, 0.3) is 0 Å². The Bertz CT molecular complexity index is 589. The van der Waals surface area contributed by atoms with Crippen molar-refractivity contribution in [3.05, 3.63) is 22.7 Å². The quantitative estimate of drug-likeness (QED) is 0.813. The molecule has 3 unspecified atom stereocenters. The van der Waals surface area contributed by atoms with Crippen molar-refractivity contribution in [1.82, 2.24) is 4.72 Å². The molecular weight excluding hydrogens is 340 g/mol. The second kappa shape index (κ2) is 6.03. The lowest BCUT2D eigenvalue weighted by molar-refractivity contribution is 0.242. The van der Waals surface area contributed by atoms with E-state index in [9.17, 15) is 8.42 Å². The third kappa shape index (κ3) is 3.54. The molecule has 1 aliphatic carbocycles. The largest absolute Gasteiger partial charge is 0.398 e. The van der Waals surface area contributed by atoms with E-state index in [0.29, 0.717) is 11.8 Å². The van der Waals surface area contributed by atoms with E-state index in [1.54, 1.807) is 12.1 Å². The van der Waals surface area contributed by atoms with Crippen LogP contribution in [0, 0.1) is 11.8 Å². The van der Waals surface area contributed by atoms with Crippen molar-refractivity contribution in [3.63, 3.8) is 0 Å². The molecule has 0 bridgehead atoms. The minimum absolute atomic E-state index is 0.00856. The summed E-state index contributed by atoms with van der Waals surface area (Å²) in [5, 5.41) is 0. The second-order valence-electron chi connectivity index (χ2n) is 5.77. The van der Waals surface area contributed by atoms with E-state index in [1.807, 2.05) is 0 Å². The van der Waals surface area contributed by atoms with Gasteiger partial charge in [0.1, 0.15) is 4.90 Å². The van der Waals surface area contributed by atoms with E-state index in [0.717, 1.165) is 23.7 Å². The average Bonchev–Trinajstić information content (AvgIpc) is 2.33. The number of benzene rings is 1. The lowest BCUT2D eigenvalue weighted by atomic mass is 9.79. The number of nitrogens with one attached hydrogen (secondary N) is 1. The van der Waals surface area contributed by atoms with E-state index in [-0.39, 0.29) is 16.6 Å². The number of hydrogen-bond acceptors (Lipinski definition) is 3. The van der Waals surface area contributed by atoms with Crippen molar-refractivity contribution in [3.8, 4) is 0 Å². The first kappa shape index (κ1) is 15.8. The van der Waals surface area contributed by atoms with Crippen LogP contribution < -0.4 is 10.5 Å². The molecule has 0 amide bonds. The summed E-state index contributed by atoms with van der Waals surface area (Å²) in [5.41, 5.74) is 6.08. The highest BCUT2D eigenvalue weighted by Crippen LogP contribution is 2.31. The average molecular weight is 361 g/mol. The molecule has 6 heteroatoms. The molecule has 3 atom stereocenters. The van der Waals surface area contributed by atoms with Gasteiger partial charge in [0.2, 0.25) is 10.0 Å². The molecule has 20 heavy (non-hydrogen) atoms. The summed E-state index contributed by atoms with van der Waals surface area (Å²) in [4.78, 5) is 0.159. The first-order valence-electron chi connectivity index (χ1n) is 6.87. The molecule has 0 aromatic heterocycles. The van der Waals surface area contributed by atoms with Crippen LogP contribution in [0.2, 0.25) is 0 Å². The Kier molecular flexibility index (Phi) is 4.76. The maximum Gasteiger partial charge on any atom is 0.242 e. The third-order valence-electron chi connectivity index (χ3n) is 4.18. The zero-order valence-electron chi connectivity index (χ0n) is 11.8. The topological polar surface area (TPSA) is 72.2 Å². The van der Waals surface area contributed by atoms with Gasteiger partial charge in [-0.3, -0.25) is 0 Å². The van der Waals surface area contributed by atoms with Gasteiger partial charge < -0.3 is 5.73 Å². The summed E-state index contributed by atoms with van der Waals surface area (Å²) in [6.07, 6.45) is 2.84. The predicted octanol–water partition coefficient (Wildman–Crippen LogP) is 3.13. The number of sulfonamides is 1. The fourth-order valence-corrected chi connectivity index (χ4v) is 4.48. The normalized spacial score (nSPS) is 27.4. The summed E-state index contributed by atoms with van der Waals surface area (Å²) < 4.78 is 28.4. The van der Waals surface area contributed by atoms with Crippen LogP contribution in [0.5, 0.6) is 0 Å². The minimum Gasteiger partial charge on any atom is -0.398 e. The predicted molar refractivity (Wildman–Crippen MR) is 84.8 cm³/mol. The molecule has 0 radical (unpaired) electrons. The zero-order chi connectivity index (χ0) is 14.9. The van der Waals surface area contributed by atoms with E-state index < -0.39 is 10.0 Å². The van der Waals surface area contributed by atoms with Crippen LogP contribution in [-0.4, -0.2) is 14.5 Å². The molecule has 112 valence electrons. The standard InChI is InChI=1S/C14H21BrN2O2S/c1-9-3-5-12(7-10(9)2)17-20(18,19)14-6-4-11(15)8-13(14)16/h4,6,8-10,12,17H,3,5,7,16H2,1-2H3. The van der Waals surface area contributed by atoms with Crippen molar-refractivity contribution in [2.24, 2.45) is 11.8 Å². The monoisotopic (exact) mass is 360 g/mol. The van der Waals surface area contributed by atoms with Crippen LogP contribution in [-0.2, 0) is 10.0 Å². The Morgan fingerprint density at radius 1 is 1.25 bits per heavy atom. The molecule has 1 aromatic rings. The SMILES string of the molecule is CC1CCC(NS(=O)(=O)c2ccc(Br)cc2N)CC1C. The molecule has 0 heterocycles. The molecule has 0 spiro atoms. The Labute approximate surface area is 129 Å². The number of halogens is 1. The number of anilines is 1. The number of nitrogen functional groups attached to an aromatic ring is 1. The van der Waals surface area contributed by atoms with Crippen LogP contribution in [0.3, 0.4) is 0 Å². The van der Waals surface area contributed by atoms with Gasteiger partial charge in [0.05, 0.1) is 5.69 Å². The molecule has 4 nitrogen and oxygen atoms in total. The summed E-state index contributed by atoms with van der Waals surface area (Å²) >= 11 is 3.28. The highest BCUT2D eigenvalue weighted by atomic mass is 79.9. The second-order valence-corrected chi connectivity index (χ2v) is 8.37. The molecule has 0 saturated heterocycles. The molecule has 1 fully saturated rings. The highest BCUT2D eigenvalue weighted by Gasteiger charge is 2.28. The third-order valence-corrected chi connectivity index (χ3v) is 6.27. The summed E-state index contributed by atoms with van der Waals surface area (Å²) in [6.45, 7) is 4.40. The molecule has 0 aliphatic heterocycles. The molecule has 3 N–H and O–H groups in total. The van der Waals surface area contributed by atoms with Crippen molar-refractivity contribution in [2.75, 3.05) is 5.73 Å². The first-order valence-corrected chi connectivity index (χ1v) is 9.14. The van der Waals surface area contributed by atoms with Gasteiger partial charge in [-0.2, -0.15) is 0 Å². The van der Waals surface area contributed by atoms with Gasteiger partial charge in [0, 0.05) is 10.5 Å². The van der Waals surface area contributed by atoms with Crippen molar-refractivity contribution in [2.45, 2.75) is 44.0 Å². The fourth-order valence-electron chi connectivity index (χ4n) is 2.70. The smallest absolute Gasteiger partial charge is 0.242 e. The molecular formula is C14H21BrN2O2S. The Hall–Kier alpha value is -0.590. The van der Waals surface area contributed by atoms with Crippen LogP contribution >= 0.6 is 15.9 Å². The maximum absolute atomic E-state index is 12.4. The summed E-state index contributed by atoms with van der Waals surface area (Å²) in [6, 6.07) is 4.85. The fraction of sp³-hybridized carbons (Fsp3) is 0.571. The van der Waals surface area contributed by atoms with Gasteiger partial charge in [0.15, 0.2) is 0 Å². The van der Waals surface area contributed by atoms with Gasteiger partial charge in [-0.05, 0) is 49.3 Å². The lowest BCUT2D eigenvalue weighted by Crippen LogP contribution is -2.40. The van der Waals surface area contributed by atoms with Gasteiger partial charge in [-0.25, -0.2) is 13.1 Å². The number of hydrogen-bond donors (Lipinski definition) is 2. The maximum atomic E-state index is 12.4. The Balaban J connectivity index is 2.15. The Morgan fingerprint density at radius 3 is 2.55 bits per heavy atom. The van der Waals surface area contributed by atoms with Crippen LogP contribution in [0.1, 0.15) is 33.1 Å². The highest BCUT2D eigenvalue weighted by molar-refractivity contribution is 9.10. The minimum atomic E-state index is -3.54. The van der Waals surface area contributed by atoms with Gasteiger partial charge in [-0.15, -0.1) is 0 Å². The van der Waals surface area contributed by atoms with Crippen molar-refractivity contribution >= 4 is 31.6 Å². The summed E-state index contributed by atoms with van der Waals surface area (Å²) in [5.74, 6) is 1.20. The van der Waals surface area contributed by atoms with Crippen molar-refractivity contribution < 1.29 is 8.42 Å². The van der Waals surface area contributed by atoms with E-state index in [2.05, 4.69) is 34.5 Å². The van der Waals surface area contributed by atoms with Crippen molar-refractivity contribution in [1.29, 1.82) is 0 Å².